The molecule has 1 aromatic carbocycles. The fourth-order valence-corrected chi connectivity index (χ4v) is 4.42. The van der Waals surface area contributed by atoms with Gasteiger partial charge in [0.1, 0.15) is 25.1 Å². The van der Waals surface area contributed by atoms with Crippen molar-refractivity contribution in [3.05, 3.63) is 47.2 Å². The number of carbonyl (C=O) groups is 4. The van der Waals surface area contributed by atoms with Crippen molar-refractivity contribution < 1.29 is 63.4 Å². The number of oxime groups is 1. The second-order valence-corrected chi connectivity index (χ2v) is 7.47. The van der Waals surface area contributed by atoms with E-state index in [1.165, 1.54) is 25.8 Å². The molecule has 2 aliphatic rings. The van der Waals surface area contributed by atoms with Crippen LogP contribution in [0.5, 0.6) is 0 Å². The Morgan fingerprint density at radius 1 is 1.29 bits per heavy atom. The van der Waals surface area contributed by atoms with Crippen LogP contribution >= 0.6 is 11.8 Å². The van der Waals surface area contributed by atoms with Gasteiger partial charge in [0.05, 0.1) is 11.7 Å². The Bertz CT molecular complexity index is 951. The molecule has 2 amide bonds. The number of ether oxygens (including phenoxy) is 1. The first-order chi connectivity index (χ1) is 14.3. The smallest absolute Gasteiger partial charge is 0.543 e. The average molecular weight is 455 g/mol. The van der Waals surface area contributed by atoms with Crippen LogP contribution in [0.4, 0.5) is 0 Å². The first-order valence-electron chi connectivity index (χ1n) is 8.84. The molecule has 1 saturated heterocycles. The van der Waals surface area contributed by atoms with E-state index in [0.29, 0.717) is 5.56 Å². The Kier molecular flexibility index (Phi) is 8.69. The number of carboxylic acid groups (broad SMARTS) is 1. The van der Waals surface area contributed by atoms with E-state index in [4.69, 9.17) is 9.57 Å². The van der Waals surface area contributed by atoms with Crippen molar-refractivity contribution in [2.75, 3.05) is 19.5 Å². The predicted octanol–water partition coefficient (Wildman–Crippen LogP) is -3.99. The number of hydrogen-bond acceptors (Lipinski definition) is 9. The molecule has 0 bridgehead atoms. The summed E-state index contributed by atoms with van der Waals surface area (Å²) in [4.78, 5) is 53.8. The topological polar surface area (TPSA) is 137 Å². The van der Waals surface area contributed by atoms with Crippen LogP contribution in [-0.2, 0) is 28.8 Å². The van der Waals surface area contributed by atoms with Gasteiger partial charge in [-0.25, -0.2) is 0 Å². The summed E-state index contributed by atoms with van der Waals surface area (Å²) in [6, 6.07) is 7.61. The summed E-state index contributed by atoms with van der Waals surface area (Å²) in [5.74, 6) is -3.16. The molecule has 0 radical (unpaired) electrons. The zero-order valence-corrected chi connectivity index (χ0v) is 19.9. The zero-order chi connectivity index (χ0) is 21.8. The van der Waals surface area contributed by atoms with Crippen LogP contribution in [0, 0.1) is 0 Å². The Hall–Kier alpha value is -2.34. The number of hydrogen-bond donors (Lipinski definition) is 1. The van der Waals surface area contributed by atoms with Gasteiger partial charge in [-0.3, -0.25) is 19.3 Å². The predicted molar refractivity (Wildman–Crippen MR) is 104 cm³/mol. The molecule has 10 nitrogen and oxygen atoms in total. The molecule has 2 atom stereocenters. The molecule has 31 heavy (non-hydrogen) atoms. The second kappa shape index (κ2) is 10.8. The summed E-state index contributed by atoms with van der Waals surface area (Å²) >= 11 is 1.25. The van der Waals surface area contributed by atoms with E-state index in [-0.39, 0.29) is 58.9 Å². The molecule has 3 rings (SSSR count). The summed E-state index contributed by atoms with van der Waals surface area (Å²) in [5, 5.41) is 17.3. The second-order valence-electron chi connectivity index (χ2n) is 6.37. The van der Waals surface area contributed by atoms with Gasteiger partial charge >= 0.3 is 35.5 Å². The van der Waals surface area contributed by atoms with Gasteiger partial charge in [0, 0.05) is 23.8 Å². The maximum absolute atomic E-state index is 12.7. The third-order valence-electron chi connectivity index (χ3n) is 4.42. The SMILES string of the molecule is CON=C(C(=O)N[C@@H]1C(=O)N2C(C(=O)[O-])=C(COC(C)=O)CS[C@H]12)c1ccccc1.[Na+]. The number of fused-ring (bicyclic) bond motifs is 1. The Balaban J connectivity index is 0.00000341. The van der Waals surface area contributed by atoms with Crippen molar-refractivity contribution in [2.45, 2.75) is 18.3 Å². The maximum atomic E-state index is 12.7. The number of rotatable bonds is 7. The van der Waals surface area contributed by atoms with Crippen molar-refractivity contribution in [2.24, 2.45) is 5.16 Å². The van der Waals surface area contributed by atoms with Gasteiger partial charge in [-0.2, -0.15) is 0 Å². The molecule has 1 fully saturated rings. The van der Waals surface area contributed by atoms with E-state index >= 15 is 0 Å². The molecule has 0 aromatic heterocycles. The minimum Gasteiger partial charge on any atom is -0.543 e. The number of β-lactam (4-membered cyclic amide) rings is 1. The number of esters is 1. The Morgan fingerprint density at radius 2 is 1.97 bits per heavy atom. The third-order valence-corrected chi connectivity index (χ3v) is 5.76. The Morgan fingerprint density at radius 3 is 2.55 bits per heavy atom. The number of nitrogens with one attached hydrogen (secondary N) is 1. The number of amides is 2. The first-order valence-corrected chi connectivity index (χ1v) is 9.88. The van der Waals surface area contributed by atoms with Crippen LogP contribution in [0.25, 0.3) is 0 Å². The van der Waals surface area contributed by atoms with Crippen LogP contribution in [-0.4, -0.2) is 65.2 Å². The number of nitrogens with zero attached hydrogens (tertiary/aromatic N) is 2. The fourth-order valence-electron chi connectivity index (χ4n) is 3.09. The number of thioether (sulfide) groups is 1. The van der Waals surface area contributed by atoms with Crippen LogP contribution < -0.4 is 40.0 Å². The number of benzene rings is 1. The minimum absolute atomic E-state index is 0. The van der Waals surface area contributed by atoms with Crippen molar-refractivity contribution in [3.8, 4) is 0 Å². The van der Waals surface area contributed by atoms with Crippen LogP contribution in [0.3, 0.4) is 0 Å². The minimum atomic E-state index is -1.55. The standard InChI is InChI=1S/C19H19N3O7S.Na/c1-10(23)29-8-12-9-30-18-14(17(25)22(18)15(12)19(26)27)20-16(24)13(21-28-2)11-6-4-3-5-7-11;/h3-7,14,18H,8-9H2,1-2H3,(H,20,24)(H,26,27);/q;+1/p-1/t14-,18-;/m1./s1. The normalized spacial score (nSPS) is 20.1. The van der Waals surface area contributed by atoms with E-state index < -0.39 is 35.2 Å². The number of carboxylic acids is 1. The quantitative estimate of drug-likeness (QED) is 0.144. The number of aliphatic carboxylic acids is 1. The van der Waals surface area contributed by atoms with Gasteiger partial charge in [-0.05, 0) is 0 Å². The third kappa shape index (κ3) is 5.29. The van der Waals surface area contributed by atoms with Gasteiger partial charge in [0.25, 0.3) is 11.8 Å². The van der Waals surface area contributed by atoms with E-state index in [0.717, 1.165) is 4.90 Å². The van der Waals surface area contributed by atoms with Crippen LogP contribution in [0.15, 0.2) is 46.8 Å². The molecular formula is C19H18N3NaO7S. The first kappa shape index (κ1) is 24.9. The van der Waals surface area contributed by atoms with Gasteiger partial charge in [-0.1, -0.05) is 35.5 Å². The van der Waals surface area contributed by atoms with Crippen LogP contribution in [0.1, 0.15) is 12.5 Å². The summed E-state index contributed by atoms with van der Waals surface area (Å²) in [5.41, 5.74) is 0.409. The fraction of sp³-hybridized carbons (Fsp3) is 0.316. The molecule has 12 heteroatoms. The largest absolute Gasteiger partial charge is 1.00 e. The summed E-state index contributed by atoms with van der Waals surface area (Å²) in [7, 11) is 1.30. The Labute approximate surface area is 204 Å². The summed E-state index contributed by atoms with van der Waals surface area (Å²) in [6.07, 6.45) is 0. The van der Waals surface area contributed by atoms with Gasteiger partial charge in [-0.15, -0.1) is 11.8 Å². The molecule has 0 aliphatic carbocycles. The zero-order valence-electron chi connectivity index (χ0n) is 17.1. The van der Waals surface area contributed by atoms with E-state index in [1.54, 1.807) is 30.3 Å². The van der Waals surface area contributed by atoms with Crippen molar-refractivity contribution in [1.29, 1.82) is 0 Å². The van der Waals surface area contributed by atoms with Gasteiger partial charge in [0.15, 0.2) is 5.71 Å². The monoisotopic (exact) mass is 455 g/mol. The molecular weight excluding hydrogens is 437 g/mol. The van der Waals surface area contributed by atoms with E-state index in [2.05, 4.69) is 10.5 Å². The van der Waals surface area contributed by atoms with Crippen molar-refractivity contribution >= 4 is 41.2 Å². The van der Waals surface area contributed by atoms with Crippen LogP contribution in [0.2, 0.25) is 0 Å². The summed E-state index contributed by atoms with van der Waals surface area (Å²) in [6.45, 7) is 0.947. The molecule has 158 valence electrons. The van der Waals surface area contributed by atoms with E-state index in [1.807, 2.05) is 0 Å². The molecule has 0 spiro atoms. The van der Waals surface area contributed by atoms with Crippen molar-refractivity contribution in [3.63, 3.8) is 0 Å². The van der Waals surface area contributed by atoms with Gasteiger partial charge < -0.3 is 24.8 Å². The average Bonchev–Trinajstić information content (AvgIpc) is 2.73. The molecule has 1 N–H and O–H groups in total. The van der Waals surface area contributed by atoms with E-state index in [9.17, 15) is 24.3 Å². The summed E-state index contributed by atoms with van der Waals surface area (Å²) < 4.78 is 4.86. The molecule has 0 unspecified atom stereocenters. The molecule has 0 saturated carbocycles. The maximum Gasteiger partial charge on any atom is 1.00 e. The molecule has 1 aromatic rings. The number of carbonyl (C=O) groups excluding carboxylic acids is 4. The van der Waals surface area contributed by atoms with Crippen molar-refractivity contribution in [1.82, 2.24) is 10.2 Å². The van der Waals surface area contributed by atoms with Gasteiger partial charge in [0.2, 0.25) is 0 Å². The molecule has 2 aliphatic heterocycles. The molecule has 2 heterocycles.